The summed E-state index contributed by atoms with van der Waals surface area (Å²) in [6, 6.07) is 4.21. The fourth-order valence-corrected chi connectivity index (χ4v) is 6.23. The van der Waals surface area contributed by atoms with E-state index in [1.807, 2.05) is 17.6 Å². The van der Waals surface area contributed by atoms with E-state index in [4.69, 9.17) is 4.42 Å². The lowest BCUT2D eigenvalue weighted by molar-refractivity contribution is -0.113. The van der Waals surface area contributed by atoms with Crippen LogP contribution >= 0.6 is 23.1 Å². The number of nitrogens with zero attached hydrogens (tertiary/aromatic N) is 4. The van der Waals surface area contributed by atoms with Crippen molar-refractivity contribution in [2.45, 2.75) is 64.6 Å². The first-order valence-electron chi connectivity index (χ1n) is 11.0. The third-order valence-electron chi connectivity index (χ3n) is 5.91. The van der Waals surface area contributed by atoms with E-state index < -0.39 is 0 Å². The van der Waals surface area contributed by atoms with Crippen LogP contribution in [0.3, 0.4) is 0 Å². The Kier molecular flexibility index (Phi) is 7.01. The monoisotopic (exact) mass is 469 g/mol. The lowest BCUT2D eigenvalue weighted by Gasteiger charge is -2.20. The van der Waals surface area contributed by atoms with Crippen LogP contribution in [0, 0.1) is 24.2 Å². The van der Waals surface area contributed by atoms with Gasteiger partial charge in [0, 0.05) is 11.4 Å². The zero-order valence-corrected chi connectivity index (χ0v) is 20.2. The minimum Gasteiger partial charge on any atom is -0.469 e. The van der Waals surface area contributed by atoms with Gasteiger partial charge in [-0.1, -0.05) is 32.0 Å². The molecule has 1 unspecified atom stereocenters. The number of nitrogens with one attached hydrogen (secondary N) is 1. The first kappa shape index (κ1) is 22.6. The van der Waals surface area contributed by atoms with E-state index in [0.29, 0.717) is 21.6 Å². The number of aromatic nitrogens is 3. The quantitative estimate of drug-likeness (QED) is 0.442. The van der Waals surface area contributed by atoms with Gasteiger partial charge in [0.2, 0.25) is 5.91 Å². The van der Waals surface area contributed by atoms with Crippen LogP contribution in [0.25, 0.3) is 11.4 Å². The van der Waals surface area contributed by atoms with Crippen LogP contribution in [0.2, 0.25) is 0 Å². The van der Waals surface area contributed by atoms with Crippen LogP contribution in [0.4, 0.5) is 5.00 Å². The number of carbonyl (C=O) groups excluding carboxylic acids is 1. The predicted octanol–water partition coefficient (Wildman–Crippen LogP) is 5.44. The number of anilines is 1. The summed E-state index contributed by atoms with van der Waals surface area (Å²) in [5.41, 5.74) is 2.69. The van der Waals surface area contributed by atoms with Gasteiger partial charge < -0.3 is 14.3 Å². The molecule has 0 saturated heterocycles. The molecule has 0 aliphatic heterocycles. The van der Waals surface area contributed by atoms with Gasteiger partial charge in [0.15, 0.2) is 11.0 Å². The molecule has 0 spiro atoms. The van der Waals surface area contributed by atoms with Crippen LogP contribution in [-0.2, 0) is 24.2 Å². The molecule has 168 valence electrons. The number of furan rings is 1. The largest absolute Gasteiger partial charge is 0.469 e. The molecule has 1 N–H and O–H groups in total. The Labute approximate surface area is 196 Å². The smallest absolute Gasteiger partial charge is 0.235 e. The van der Waals surface area contributed by atoms with Crippen molar-refractivity contribution < 1.29 is 9.21 Å². The molecule has 0 fully saturated rings. The van der Waals surface area contributed by atoms with Crippen molar-refractivity contribution >= 4 is 34.0 Å². The van der Waals surface area contributed by atoms with Gasteiger partial charge in [-0.25, -0.2) is 0 Å². The molecule has 4 rings (SSSR count). The molecular formula is C23H27N5O2S2. The van der Waals surface area contributed by atoms with Gasteiger partial charge in [-0.3, -0.25) is 4.79 Å². The Hall–Kier alpha value is -2.57. The molecule has 1 atom stereocenters. The maximum atomic E-state index is 12.7. The summed E-state index contributed by atoms with van der Waals surface area (Å²) in [6.07, 6.45) is 6.76. The maximum absolute atomic E-state index is 12.7. The van der Waals surface area contributed by atoms with Crippen LogP contribution in [0.5, 0.6) is 0 Å². The highest BCUT2D eigenvalue weighted by Crippen LogP contribution is 2.40. The molecule has 0 aromatic carbocycles. The number of rotatable bonds is 8. The second-order valence-electron chi connectivity index (χ2n) is 8.02. The van der Waals surface area contributed by atoms with Gasteiger partial charge in [-0.2, -0.15) is 5.26 Å². The fraction of sp³-hybridized carbons (Fsp3) is 0.478. The lowest BCUT2D eigenvalue weighted by Crippen LogP contribution is -2.15. The summed E-state index contributed by atoms with van der Waals surface area (Å²) in [6.45, 7) is 6.96. The van der Waals surface area contributed by atoms with Crippen LogP contribution < -0.4 is 5.32 Å². The van der Waals surface area contributed by atoms with E-state index in [0.717, 1.165) is 61.4 Å². The molecule has 0 radical (unpaired) electrons. The zero-order valence-electron chi connectivity index (χ0n) is 18.6. The molecule has 3 aromatic heterocycles. The Balaban J connectivity index is 1.46. The van der Waals surface area contributed by atoms with E-state index in [1.54, 1.807) is 17.6 Å². The Morgan fingerprint density at radius 1 is 1.44 bits per heavy atom. The minimum absolute atomic E-state index is 0.135. The normalized spacial score (nSPS) is 15.4. The summed E-state index contributed by atoms with van der Waals surface area (Å²) in [7, 11) is 0. The van der Waals surface area contributed by atoms with E-state index >= 15 is 0 Å². The number of aryl methyl sites for hydroxylation is 1. The Morgan fingerprint density at radius 2 is 2.28 bits per heavy atom. The molecule has 3 aromatic rings. The predicted molar refractivity (Wildman–Crippen MR) is 127 cm³/mol. The maximum Gasteiger partial charge on any atom is 0.235 e. The van der Waals surface area contributed by atoms with Crippen molar-refractivity contribution in [3.63, 3.8) is 0 Å². The topological polar surface area (TPSA) is 96.7 Å². The van der Waals surface area contributed by atoms with Gasteiger partial charge in [-0.15, -0.1) is 21.5 Å². The van der Waals surface area contributed by atoms with Crippen molar-refractivity contribution in [3.05, 3.63) is 34.1 Å². The number of hydrogen-bond acceptors (Lipinski definition) is 7. The molecule has 1 aliphatic rings. The van der Waals surface area contributed by atoms with Gasteiger partial charge in [0.25, 0.3) is 0 Å². The summed E-state index contributed by atoms with van der Waals surface area (Å²) >= 11 is 2.92. The molecule has 3 heterocycles. The number of hydrogen-bond donors (Lipinski definition) is 1. The first-order chi connectivity index (χ1) is 15.5. The standard InChI is InChI=1S/C23H27N5O2S2/c1-4-9-28-21(16-8-10-30-14(16)3)26-27-23(28)31-13-20(29)25-22-18(12-24)17-7-6-15(5-2)11-19(17)32-22/h8,10,15H,4-7,9,11,13H2,1-3H3,(H,25,29). The van der Waals surface area contributed by atoms with E-state index in [1.165, 1.54) is 16.6 Å². The molecule has 1 aliphatic carbocycles. The van der Waals surface area contributed by atoms with E-state index in [2.05, 4.69) is 35.4 Å². The summed E-state index contributed by atoms with van der Waals surface area (Å²) in [5, 5.41) is 22.7. The SMILES string of the molecule is CCCn1c(SCC(=O)Nc2sc3c(c2C#N)CCC(CC)C3)nnc1-c1ccoc1C. The van der Waals surface area contributed by atoms with Crippen molar-refractivity contribution in [2.24, 2.45) is 5.92 Å². The van der Waals surface area contributed by atoms with Crippen molar-refractivity contribution in [2.75, 3.05) is 11.1 Å². The lowest BCUT2D eigenvalue weighted by atomic mass is 9.86. The molecule has 0 saturated carbocycles. The molecule has 9 heteroatoms. The van der Waals surface area contributed by atoms with E-state index in [-0.39, 0.29) is 11.7 Å². The molecule has 0 bridgehead atoms. The number of carbonyl (C=O) groups is 1. The highest BCUT2D eigenvalue weighted by Gasteiger charge is 2.26. The second kappa shape index (κ2) is 9.92. The average molecular weight is 470 g/mol. The fourth-order valence-electron chi connectivity index (χ4n) is 4.14. The summed E-state index contributed by atoms with van der Waals surface area (Å²) in [5.74, 6) is 2.29. The number of thioether (sulfide) groups is 1. The number of thiophene rings is 1. The van der Waals surface area contributed by atoms with E-state index in [9.17, 15) is 10.1 Å². The Bertz CT molecular complexity index is 1150. The van der Waals surface area contributed by atoms with Crippen molar-refractivity contribution in [1.29, 1.82) is 5.26 Å². The third-order valence-corrected chi connectivity index (χ3v) is 8.04. The van der Waals surface area contributed by atoms with Gasteiger partial charge in [0.1, 0.15) is 16.8 Å². The molecular weight excluding hydrogens is 442 g/mol. The Morgan fingerprint density at radius 3 is 2.97 bits per heavy atom. The minimum atomic E-state index is -0.135. The molecule has 7 nitrogen and oxygen atoms in total. The van der Waals surface area contributed by atoms with Crippen LogP contribution in [0.15, 0.2) is 21.9 Å². The second-order valence-corrected chi connectivity index (χ2v) is 10.1. The zero-order chi connectivity index (χ0) is 22.7. The highest BCUT2D eigenvalue weighted by molar-refractivity contribution is 7.99. The van der Waals surface area contributed by atoms with Crippen molar-refractivity contribution in [3.8, 4) is 17.5 Å². The van der Waals surface area contributed by atoms with Crippen molar-refractivity contribution in [1.82, 2.24) is 14.8 Å². The third kappa shape index (κ3) is 4.48. The number of nitriles is 1. The van der Waals surface area contributed by atoms with Gasteiger partial charge in [-0.05, 0) is 50.2 Å². The van der Waals surface area contributed by atoms with Gasteiger partial charge >= 0.3 is 0 Å². The molecule has 32 heavy (non-hydrogen) atoms. The summed E-state index contributed by atoms with van der Waals surface area (Å²) in [4.78, 5) is 14.0. The highest BCUT2D eigenvalue weighted by atomic mass is 32.2. The molecule has 1 amide bonds. The number of amides is 1. The van der Waals surface area contributed by atoms with Crippen LogP contribution in [0.1, 0.15) is 54.9 Å². The first-order valence-corrected chi connectivity index (χ1v) is 12.8. The van der Waals surface area contributed by atoms with Gasteiger partial charge in [0.05, 0.1) is 23.1 Å². The summed E-state index contributed by atoms with van der Waals surface area (Å²) < 4.78 is 7.45. The van der Waals surface area contributed by atoms with Crippen LogP contribution in [-0.4, -0.2) is 26.4 Å². The average Bonchev–Trinajstić information content (AvgIpc) is 3.48. The number of fused-ring (bicyclic) bond motifs is 1.